The van der Waals surface area contributed by atoms with Gasteiger partial charge in [0.25, 0.3) is 0 Å². The number of benzene rings is 1. The molecule has 1 aromatic carbocycles. The van der Waals surface area contributed by atoms with E-state index in [9.17, 15) is 9.18 Å². The van der Waals surface area contributed by atoms with Gasteiger partial charge in [0.1, 0.15) is 5.82 Å². The van der Waals surface area contributed by atoms with Crippen LogP contribution in [0.2, 0.25) is 0 Å². The molecule has 0 aliphatic rings. The molecule has 1 atom stereocenters. The Kier molecular flexibility index (Phi) is 5.74. The van der Waals surface area contributed by atoms with Crippen LogP contribution in [0.5, 0.6) is 0 Å². The van der Waals surface area contributed by atoms with Gasteiger partial charge in [0.2, 0.25) is 0 Å². The van der Waals surface area contributed by atoms with Crippen molar-refractivity contribution in [1.82, 2.24) is 5.32 Å². The third kappa shape index (κ3) is 4.09. The van der Waals surface area contributed by atoms with E-state index in [2.05, 4.69) is 10.1 Å². The molecule has 0 saturated heterocycles. The van der Waals surface area contributed by atoms with E-state index in [1.807, 2.05) is 6.92 Å². The lowest BCUT2D eigenvalue weighted by Gasteiger charge is -2.13. The predicted molar refractivity (Wildman–Crippen MR) is 65.9 cm³/mol. The number of rotatable bonds is 6. The maximum Gasteiger partial charge on any atom is 0.340 e. The van der Waals surface area contributed by atoms with Crippen molar-refractivity contribution in [1.29, 1.82) is 0 Å². The molecule has 0 aromatic heterocycles. The molecule has 0 spiro atoms. The molecule has 1 rings (SSSR count). The molecule has 100 valence electrons. The van der Waals surface area contributed by atoms with Gasteiger partial charge in [-0.2, -0.15) is 0 Å². The lowest BCUT2D eigenvalue weighted by atomic mass is 10.1. The normalized spacial score (nSPS) is 12.2. The standard InChI is InChI=1S/C13H18FNO3/c1-9(8-17-2)15-7-10-4-5-11(12(14)6-10)13(16)18-3/h4-6,9,15H,7-8H2,1-3H3. The third-order valence-corrected chi connectivity index (χ3v) is 2.51. The number of esters is 1. The number of carbonyl (C=O) groups excluding carboxylic acids is 1. The first-order valence-electron chi connectivity index (χ1n) is 5.67. The minimum Gasteiger partial charge on any atom is -0.465 e. The first-order valence-corrected chi connectivity index (χ1v) is 5.67. The van der Waals surface area contributed by atoms with Crippen molar-refractivity contribution in [3.63, 3.8) is 0 Å². The van der Waals surface area contributed by atoms with Crippen LogP contribution in [0.4, 0.5) is 4.39 Å². The van der Waals surface area contributed by atoms with E-state index < -0.39 is 11.8 Å². The Morgan fingerprint density at radius 3 is 2.72 bits per heavy atom. The molecule has 5 heteroatoms. The number of methoxy groups -OCH3 is 2. The number of ether oxygens (including phenoxy) is 2. The van der Waals surface area contributed by atoms with Crippen molar-refractivity contribution < 1.29 is 18.7 Å². The van der Waals surface area contributed by atoms with Crippen LogP contribution in [0.25, 0.3) is 0 Å². The molecule has 0 heterocycles. The van der Waals surface area contributed by atoms with E-state index in [0.29, 0.717) is 13.2 Å². The Morgan fingerprint density at radius 1 is 1.44 bits per heavy atom. The van der Waals surface area contributed by atoms with Gasteiger partial charge in [-0.1, -0.05) is 6.07 Å². The molecular weight excluding hydrogens is 237 g/mol. The van der Waals surface area contributed by atoms with E-state index in [4.69, 9.17) is 4.74 Å². The highest BCUT2D eigenvalue weighted by Gasteiger charge is 2.12. The SMILES string of the molecule is COCC(C)NCc1ccc(C(=O)OC)c(F)c1. The van der Waals surface area contributed by atoms with Gasteiger partial charge in [-0.25, -0.2) is 9.18 Å². The minimum atomic E-state index is -0.667. The van der Waals surface area contributed by atoms with Gasteiger partial charge >= 0.3 is 5.97 Å². The van der Waals surface area contributed by atoms with Crippen LogP contribution in [0.1, 0.15) is 22.8 Å². The molecule has 0 bridgehead atoms. The summed E-state index contributed by atoms with van der Waals surface area (Å²) in [7, 11) is 2.85. The molecule has 4 nitrogen and oxygen atoms in total. The maximum absolute atomic E-state index is 13.6. The fourth-order valence-electron chi connectivity index (χ4n) is 1.55. The van der Waals surface area contributed by atoms with Crippen LogP contribution in [-0.2, 0) is 16.0 Å². The minimum absolute atomic E-state index is 0.0498. The highest BCUT2D eigenvalue weighted by molar-refractivity contribution is 5.89. The first-order chi connectivity index (χ1) is 8.58. The molecule has 0 amide bonds. The summed E-state index contributed by atoms with van der Waals surface area (Å²) in [5, 5.41) is 3.18. The number of hydrogen-bond acceptors (Lipinski definition) is 4. The molecule has 18 heavy (non-hydrogen) atoms. The summed E-state index contributed by atoms with van der Waals surface area (Å²) in [6.07, 6.45) is 0. The van der Waals surface area contributed by atoms with Gasteiger partial charge in [0, 0.05) is 19.7 Å². The van der Waals surface area contributed by atoms with Gasteiger partial charge in [-0.15, -0.1) is 0 Å². The second-order valence-electron chi connectivity index (χ2n) is 4.04. The maximum atomic E-state index is 13.6. The van der Waals surface area contributed by atoms with E-state index >= 15 is 0 Å². The highest BCUT2D eigenvalue weighted by atomic mass is 19.1. The zero-order chi connectivity index (χ0) is 13.5. The Morgan fingerprint density at radius 2 is 2.17 bits per heavy atom. The lowest BCUT2D eigenvalue weighted by molar-refractivity contribution is 0.0595. The average molecular weight is 255 g/mol. The summed E-state index contributed by atoms with van der Waals surface area (Å²) in [5.41, 5.74) is 0.717. The smallest absolute Gasteiger partial charge is 0.340 e. The quantitative estimate of drug-likeness (QED) is 0.786. The summed E-state index contributed by atoms with van der Waals surface area (Å²) in [6.45, 7) is 3.08. The van der Waals surface area contributed by atoms with Crippen molar-refractivity contribution in [2.75, 3.05) is 20.8 Å². The van der Waals surface area contributed by atoms with Crippen molar-refractivity contribution >= 4 is 5.97 Å². The van der Waals surface area contributed by atoms with E-state index in [1.54, 1.807) is 13.2 Å². The van der Waals surface area contributed by atoms with Gasteiger partial charge < -0.3 is 14.8 Å². The lowest BCUT2D eigenvalue weighted by Crippen LogP contribution is -2.29. The molecule has 0 aliphatic heterocycles. The van der Waals surface area contributed by atoms with E-state index in [0.717, 1.165) is 5.56 Å². The second-order valence-corrected chi connectivity index (χ2v) is 4.04. The Balaban J connectivity index is 2.64. The van der Waals surface area contributed by atoms with Crippen LogP contribution >= 0.6 is 0 Å². The highest BCUT2D eigenvalue weighted by Crippen LogP contribution is 2.11. The van der Waals surface area contributed by atoms with Crippen LogP contribution in [0, 0.1) is 5.82 Å². The van der Waals surface area contributed by atoms with E-state index in [-0.39, 0.29) is 11.6 Å². The average Bonchev–Trinajstić information content (AvgIpc) is 2.36. The fraction of sp³-hybridized carbons (Fsp3) is 0.462. The van der Waals surface area contributed by atoms with Gasteiger partial charge in [-0.3, -0.25) is 0 Å². The largest absolute Gasteiger partial charge is 0.465 e. The molecule has 0 fully saturated rings. The van der Waals surface area contributed by atoms with Crippen molar-refractivity contribution in [3.05, 3.63) is 35.1 Å². The summed E-state index contributed by atoms with van der Waals surface area (Å²) in [5.74, 6) is -1.24. The first kappa shape index (κ1) is 14.6. The molecule has 0 saturated carbocycles. The zero-order valence-electron chi connectivity index (χ0n) is 10.8. The van der Waals surface area contributed by atoms with E-state index in [1.165, 1.54) is 19.2 Å². The van der Waals surface area contributed by atoms with Crippen molar-refractivity contribution in [2.45, 2.75) is 19.5 Å². The third-order valence-electron chi connectivity index (χ3n) is 2.51. The summed E-state index contributed by atoms with van der Waals surface area (Å²) >= 11 is 0. The van der Waals surface area contributed by atoms with Gasteiger partial charge in [-0.05, 0) is 24.6 Å². The molecule has 0 radical (unpaired) electrons. The predicted octanol–water partition coefficient (Wildman–Crippen LogP) is 1.74. The van der Waals surface area contributed by atoms with Crippen molar-refractivity contribution in [2.24, 2.45) is 0 Å². The molecule has 1 N–H and O–H groups in total. The van der Waals surface area contributed by atoms with Gasteiger partial charge in [0.05, 0.1) is 19.3 Å². The summed E-state index contributed by atoms with van der Waals surface area (Å²) in [4.78, 5) is 11.2. The second kappa shape index (κ2) is 7.08. The Labute approximate surface area is 106 Å². The van der Waals surface area contributed by atoms with Crippen LogP contribution in [0.3, 0.4) is 0 Å². The molecule has 1 aromatic rings. The number of hydrogen-bond donors (Lipinski definition) is 1. The zero-order valence-corrected chi connectivity index (χ0v) is 10.8. The Hall–Kier alpha value is -1.46. The van der Waals surface area contributed by atoms with Crippen LogP contribution in [-0.4, -0.2) is 32.8 Å². The number of carbonyl (C=O) groups is 1. The van der Waals surface area contributed by atoms with Crippen molar-refractivity contribution in [3.8, 4) is 0 Å². The number of nitrogens with one attached hydrogen (secondary N) is 1. The molecule has 1 unspecified atom stereocenters. The van der Waals surface area contributed by atoms with Crippen LogP contribution < -0.4 is 5.32 Å². The number of halogens is 1. The monoisotopic (exact) mass is 255 g/mol. The Bertz CT molecular complexity index is 409. The topological polar surface area (TPSA) is 47.6 Å². The van der Waals surface area contributed by atoms with Crippen LogP contribution in [0.15, 0.2) is 18.2 Å². The fourth-order valence-corrected chi connectivity index (χ4v) is 1.55. The summed E-state index contributed by atoms with van der Waals surface area (Å²) < 4.78 is 23.1. The molecule has 0 aliphatic carbocycles. The van der Waals surface area contributed by atoms with Gasteiger partial charge in [0.15, 0.2) is 0 Å². The molecular formula is C13H18FNO3. The summed E-state index contributed by atoms with van der Waals surface area (Å²) in [6, 6.07) is 4.64.